The monoisotopic (exact) mass is 277 g/mol. The number of aromatic nitrogens is 3. The van der Waals surface area contributed by atoms with Crippen molar-refractivity contribution in [1.29, 1.82) is 0 Å². The number of hydrogen-bond acceptors (Lipinski definition) is 5. The summed E-state index contributed by atoms with van der Waals surface area (Å²) in [6, 6.07) is 9.11. The molecule has 1 atom stereocenters. The minimum absolute atomic E-state index is 0.0490. The molecule has 20 heavy (non-hydrogen) atoms. The van der Waals surface area contributed by atoms with Crippen LogP contribution in [0.2, 0.25) is 0 Å². The first-order valence-corrected chi connectivity index (χ1v) is 6.10. The number of aliphatic hydroxyl groups excluding tert-OH is 2. The second-order valence-corrected chi connectivity index (χ2v) is 4.34. The SMILES string of the molecule is O=C(O)Cc1nnn(CC(O)CO)c1-c1ccccc1. The van der Waals surface area contributed by atoms with Crippen molar-refractivity contribution in [3.8, 4) is 11.3 Å². The Bertz CT molecular complexity index is 583. The Morgan fingerprint density at radius 1 is 1.30 bits per heavy atom. The lowest BCUT2D eigenvalue weighted by atomic mass is 10.1. The van der Waals surface area contributed by atoms with Gasteiger partial charge in [-0.3, -0.25) is 4.79 Å². The van der Waals surface area contributed by atoms with Crippen molar-refractivity contribution >= 4 is 5.97 Å². The van der Waals surface area contributed by atoms with Crippen molar-refractivity contribution in [2.45, 2.75) is 19.1 Å². The molecule has 3 N–H and O–H groups in total. The summed E-state index contributed by atoms with van der Waals surface area (Å²) in [5.41, 5.74) is 1.63. The Morgan fingerprint density at radius 3 is 2.60 bits per heavy atom. The highest BCUT2D eigenvalue weighted by atomic mass is 16.4. The number of benzene rings is 1. The van der Waals surface area contributed by atoms with E-state index >= 15 is 0 Å². The van der Waals surface area contributed by atoms with Crippen molar-refractivity contribution < 1.29 is 20.1 Å². The predicted molar refractivity (Wildman–Crippen MR) is 69.9 cm³/mol. The number of carboxylic acid groups (broad SMARTS) is 1. The predicted octanol–water partition coefficient (Wildman–Crippen LogP) is -0.0746. The van der Waals surface area contributed by atoms with Gasteiger partial charge in [-0.25, -0.2) is 4.68 Å². The number of aliphatic carboxylic acids is 1. The van der Waals surface area contributed by atoms with Crippen molar-refractivity contribution in [2.75, 3.05) is 6.61 Å². The van der Waals surface area contributed by atoms with Gasteiger partial charge in [0.2, 0.25) is 0 Å². The molecule has 0 aliphatic heterocycles. The standard InChI is InChI=1S/C13H15N3O4/c17-8-10(18)7-16-13(9-4-2-1-3-5-9)11(14-15-16)6-12(19)20/h1-5,10,17-18H,6-8H2,(H,19,20). The van der Waals surface area contributed by atoms with Crippen LogP contribution in [-0.2, 0) is 17.8 Å². The Balaban J connectivity index is 2.42. The van der Waals surface area contributed by atoms with E-state index in [1.165, 1.54) is 4.68 Å². The maximum atomic E-state index is 10.9. The number of hydrogen-bond donors (Lipinski definition) is 3. The van der Waals surface area contributed by atoms with E-state index in [0.717, 1.165) is 5.56 Å². The molecule has 0 fully saturated rings. The molecule has 0 spiro atoms. The van der Waals surface area contributed by atoms with Gasteiger partial charge in [0, 0.05) is 5.56 Å². The van der Waals surface area contributed by atoms with E-state index in [4.69, 9.17) is 10.2 Å². The third-order valence-corrected chi connectivity index (χ3v) is 2.77. The lowest BCUT2D eigenvalue weighted by Gasteiger charge is -2.10. The van der Waals surface area contributed by atoms with Gasteiger partial charge in [-0.15, -0.1) is 5.10 Å². The van der Waals surface area contributed by atoms with Crippen molar-refractivity contribution in [3.63, 3.8) is 0 Å². The zero-order valence-corrected chi connectivity index (χ0v) is 10.7. The molecule has 7 heteroatoms. The molecule has 0 bridgehead atoms. The van der Waals surface area contributed by atoms with Gasteiger partial charge in [0.25, 0.3) is 0 Å². The van der Waals surface area contributed by atoms with Crippen LogP contribution in [0.25, 0.3) is 11.3 Å². The molecule has 2 rings (SSSR count). The fourth-order valence-corrected chi connectivity index (χ4v) is 1.91. The molecule has 1 unspecified atom stereocenters. The summed E-state index contributed by atoms with van der Waals surface area (Å²) < 4.78 is 1.41. The number of carbonyl (C=O) groups is 1. The van der Waals surface area contributed by atoms with E-state index in [1.807, 2.05) is 30.3 Å². The fourth-order valence-electron chi connectivity index (χ4n) is 1.91. The number of rotatable bonds is 6. The molecule has 0 saturated carbocycles. The topological polar surface area (TPSA) is 108 Å². The van der Waals surface area contributed by atoms with Crippen LogP contribution in [0.1, 0.15) is 5.69 Å². The van der Waals surface area contributed by atoms with Gasteiger partial charge in [0.15, 0.2) is 0 Å². The summed E-state index contributed by atoms with van der Waals surface area (Å²) in [5.74, 6) is -1.00. The summed E-state index contributed by atoms with van der Waals surface area (Å²) in [5, 5.41) is 35.1. The van der Waals surface area contributed by atoms with Crippen molar-refractivity contribution in [2.24, 2.45) is 0 Å². The minimum atomic E-state index is -1.00. The zero-order chi connectivity index (χ0) is 14.5. The highest BCUT2D eigenvalue weighted by Gasteiger charge is 2.18. The fraction of sp³-hybridized carbons (Fsp3) is 0.308. The van der Waals surface area contributed by atoms with Gasteiger partial charge in [-0.2, -0.15) is 0 Å². The molecule has 7 nitrogen and oxygen atoms in total. The van der Waals surface area contributed by atoms with Crippen LogP contribution in [0.4, 0.5) is 0 Å². The van der Waals surface area contributed by atoms with E-state index in [9.17, 15) is 9.90 Å². The van der Waals surface area contributed by atoms with Crippen molar-refractivity contribution in [3.05, 3.63) is 36.0 Å². The zero-order valence-electron chi connectivity index (χ0n) is 10.7. The highest BCUT2D eigenvalue weighted by molar-refractivity contribution is 5.73. The van der Waals surface area contributed by atoms with Crippen LogP contribution in [0.5, 0.6) is 0 Å². The van der Waals surface area contributed by atoms with Crippen molar-refractivity contribution in [1.82, 2.24) is 15.0 Å². The van der Waals surface area contributed by atoms with Gasteiger partial charge in [-0.1, -0.05) is 35.5 Å². The molecule has 0 saturated heterocycles. The smallest absolute Gasteiger partial charge is 0.309 e. The molecular formula is C13H15N3O4. The average Bonchev–Trinajstić information content (AvgIpc) is 2.81. The van der Waals surface area contributed by atoms with Crippen LogP contribution < -0.4 is 0 Å². The Hall–Kier alpha value is -2.25. The molecule has 1 heterocycles. The normalized spacial score (nSPS) is 12.3. The Labute approximate surface area is 115 Å². The number of aliphatic hydroxyl groups is 2. The largest absolute Gasteiger partial charge is 0.481 e. The van der Waals surface area contributed by atoms with Gasteiger partial charge >= 0.3 is 5.97 Å². The molecule has 1 aromatic heterocycles. The van der Waals surface area contributed by atoms with Crippen LogP contribution in [0.3, 0.4) is 0 Å². The first-order chi connectivity index (χ1) is 9.61. The van der Waals surface area contributed by atoms with E-state index in [0.29, 0.717) is 11.4 Å². The van der Waals surface area contributed by atoms with Crippen LogP contribution in [0, 0.1) is 0 Å². The molecule has 2 aromatic rings. The number of nitrogens with zero attached hydrogens (tertiary/aromatic N) is 3. The van der Waals surface area contributed by atoms with Crippen LogP contribution in [-0.4, -0.2) is 49.0 Å². The second-order valence-electron chi connectivity index (χ2n) is 4.34. The van der Waals surface area contributed by atoms with E-state index in [-0.39, 0.29) is 13.0 Å². The number of carboxylic acids is 1. The van der Waals surface area contributed by atoms with Crippen LogP contribution in [0.15, 0.2) is 30.3 Å². The summed E-state index contributed by atoms with van der Waals surface area (Å²) in [6.07, 6.45) is -1.23. The molecule has 0 radical (unpaired) electrons. The van der Waals surface area contributed by atoms with Gasteiger partial charge in [-0.05, 0) is 0 Å². The quantitative estimate of drug-likeness (QED) is 0.682. The Morgan fingerprint density at radius 2 is 2.00 bits per heavy atom. The molecule has 0 aliphatic carbocycles. The highest BCUT2D eigenvalue weighted by Crippen LogP contribution is 2.22. The maximum Gasteiger partial charge on any atom is 0.309 e. The average molecular weight is 277 g/mol. The van der Waals surface area contributed by atoms with Gasteiger partial charge in [0.1, 0.15) is 5.69 Å². The summed E-state index contributed by atoms with van der Waals surface area (Å²) in [7, 11) is 0. The van der Waals surface area contributed by atoms with E-state index in [2.05, 4.69) is 10.3 Å². The molecular weight excluding hydrogens is 262 g/mol. The van der Waals surface area contributed by atoms with E-state index < -0.39 is 18.7 Å². The molecule has 106 valence electrons. The minimum Gasteiger partial charge on any atom is -0.481 e. The van der Waals surface area contributed by atoms with Gasteiger partial charge < -0.3 is 15.3 Å². The lowest BCUT2D eigenvalue weighted by molar-refractivity contribution is -0.136. The van der Waals surface area contributed by atoms with Crippen LogP contribution >= 0.6 is 0 Å². The van der Waals surface area contributed by atoms with E-state index in [1.54, 1.807) is 0 Å². The first kappa shape index (κ1) is 14.2. The lowest BCUT2D eigenvalue weighted by Crippen LogP contribution is -2.21. The maximum absolute atomic E-state index is 10.9. The second kappa shape index (κ2) is 6.27. The Kier molecular flexibility index (Phi) is 4.44. The third-order valence-electron chi connectivity index (χ3n) is 2.77. The summed E-state index contributed by atoms with van der Waals surface area (Å²) in [6.45, 7) is -0.351. The summed E-state index contributed by atoms with van der Waals surface area (Å²) in [4.78, 5) is 10.9. The molecule has 0 amide bonds. The first-order valence-electron chi connectivity index (χ1n) is 6.10. The summed E-state index contributed by atoms with van der Waals surface area (Å²) >= 11 is 0. The molecule has 1 aromatic carbocycles. The third kappa shape index (κ3) is 3.19. The van der Waals surface area contributed by atoms with Gasteiger partial charge in [0.05, 0.1) is 31.4 Å². The molecule has 0 aliphatic rings.